The number of carbonyl (C=O) groups is 1. The predicted molar refractivity (Wildman–Crippen MR) is 70.2 cm³/mol. The second-order valence-corrected chi connectivity index (χ2v) is 4.31. The van der Waals surface area contributed by atoms with Gasteiger partial charge in [0.1, 0.15) is 0 Å². The zero-order valence-corrected chi connectivity index (χ0v) is 11.2. The summed E-state index contributed by atoms with van der Waals surface area (Å²) in [6, 6.07) is 7.62. The third kappa shape index (κ3) is 2.80. The Balaban J connectivity index is 3.07. The predicted octanol–water partition coefficient (Wildman–Crippen LogP) is 1.27. The fraction of sp³-hybridized carbons (Fsp3) is 0.462. The van der Waals surface area contributed by atoms with E-state index in [0.29, 0.717) is 0 Å². The fourth-order valence-electron chi connectivity index (χ4n) is 1.80. The van der Waals surface area contributed by atoms with Gasteiger partial charge in [-0.15, -0.1) is 0 Å². The van der Waals surface area contributed by atoms with Crippen LogP contribution in [-0.4, -0.2) is 32.0 Å². The Bertz CT molecular complexity index is 418. The van der Waals surface area contributed by atoms with Gasteiger partial charge in [-0.25, -0.2) is 0 Å². The second-order valence-electron chi connectivity index (χ2n) is 4.31. The molecular formula is C13H20N2O3. The number of anilines is 1. The molecule has 5 heteroatoms. The molecule has 0 saturated carbocycles. The van der Waals surface area contributed by atoms with Gasteiger partial charge in [-0.1, -0.05) is 18.2 Å². The van der Waals surface area contributed by atoms with Crippen molar-refractivity contribution in [2.24, 2.45) is 5.73 Å². The molecule has 0 radical (unpaired) electrons. The zero-order valence-electron chi connectivity index (χ0n) is 11.2. The Kier molecular flexibility index (Phi) is 4.69. The number of methoxy groups -OCH3 is 2. The average Bonchev–Trinajstić information content (AvgIpc) is 2.33. The van der Waals surface area contributed by atoms with E-state index in [-0.39, 0.29) is 0 Å². The molecule has 1 atom stereocenters. The van der Waals surface area contributed by atoms with Crippen LogP contribution in [0.2, 0.25) is 0 Å². The lowest BCUT2D eigenvalue weighted by Crippen LogP contribution is -2.58. The highest BCUT2D eigenvalue weighted by atomic mass is 16.7. The number of para-hydroxylation sites is 1. The average molecular weight is 252 g/mol. The first-order valence-corrected chi connectivity index (χ1v) is 5.65. The largest absolute Gasteiger partial charge is 0.367 e. The highest BCUT2D eigenvalue weighted by Crippen LogP contribution is 2.23. The summed E-state index contributed by atoms with van der Waals surface area (Å²) < 4.78 is 10.3. The Morgan fingerprint density at radius 2 is 1.89 bits per heavy atom. The van der Waals surface area contributed by atoms with Crippen LogP contribution in [0.25, 0.3) is 0 Å². The van der Waals surface area contributed by atoms with Gasteiger partial charge in [-0.3, -0.25) is 4.79 Å². The van der Waals surface area contributed by atoms with Crippen molar-refractivity contribution in [3.8, 4) is 0 Å². The Hall–Kier alpha value is -1.59. The SMILES string of the molecule is COC(OC)C(C)(Nc1ccccc1C)C(N)=O. The zero-order chi connectivity index (χ0) is 13.8. The first kappa shape index (κ1) is 14.5. The van der Waals surface area contributed by atoms with E-state index in [0.717, 1.165) is 11.3 Å². The van der Waals surface area contributed by atoms with Crippen LogP contribution in [-0.2, 0) is 14.3 Å². The molecule has 1 aromatic carbocycles. The molecular weight excluding hydrogens is 232 g/mol. The first-order chi connectivity index (χ1) is 8.45. The van der Waals surface area contributed by atoms with E-state index in [1.807, 2.05) is 31.2 Å². The highest BCUT2D eigenvalue weighted by molar-refractivity contribution is 5.88. The molecule has 0 aliphatic carbocycles. The van der Waals surface area contributed by atoms with E-state index >= 15 is 0 Å². The number of ether oxygens (including phenoxy) is 2. The van der Waals surface area contributed by atoms with E-state index in [4.69, 9.17) is 15.2 Å². The summed E-state index contributed by atoms with van der Waals surface area (Å²) in [5.74, 6) is -0.542. The third-order valence-corrected chi connectivity index (χ3v) is 2.95. The Morgan fingerprint density at radius 1 is 1.33 bits per heavy atom. The quantitative estimate of drug-likeness (QED) is 0.748. The number of carbonyl (C=O) groups excluding carboxylic acids is 1. The van der Waals surface area contributed by atoms with Gasteiger partial charge >= 0.3 is 0 Å². The maximum absolute atomic E-state index is 11.7. The molecule has 0 bridgehead atoms. The van der Waals surface area contributed by atoms with Crippen LogP contribution in [0.4, 0.5) is 5.69 Å². The Labute approximate surface area is 107 Å². The monoisotopic (exact) mass is 252 g/mol. The normalized spacial score (nSPS) is 14.3. The molecule has 1 aromatic rings. The van der Waals surface area contributed by atoms with Crippen molar-refractivity contribution in [2.75, 3.05) is 19.5 Å². The van der Waals surface area contributed by atoms with Gasteiger partial charge in [-0.05, 0) is 25.5 Å². The number of nitrogens with two attached hydrogens (primary N) is 1. The van der Waals surface area contributed by atoms with E-state index < -0.39 is 17.7 Å². The van der Waals surface area contributed by atoms with Crippen molar-refractivity contribution >= 4 is 11.6 Å². The van der Waals surface area contributed by atoms with Gasteiger partial charge in [-0.2, -0.15) is 0 Å². The van der Waals surface area contributed by atoms with Crippen molar-refractivity contribution < 1.29 is 14.3 Å². The number of primary amides is 1. The summed E-state index contributed by atoms with van der Waals surface area (Å²) >= 11 is 0. The maximum Gasteiger partial charge on any atom is 0.248 e. The first-order valence-electron chi connectivity index (χ1n) is 5.65. The van der Waals surface area contributed by atoms with Crippen LogP contribution in [0.5, 0.6) is 0 Å². The van der Waals surface area contributed by atoms with Crippen LogP contribution < -0.4 is 11.1 Å². The molecule has 1 amide bonds. The van der Waals surface area contributed by atoms with Crippen LogP contribution in [0.3, 0.4) is 0 Å². The van der Waals surface area contributed by atoms with Gasteiger partial charge in [0.05, 0.1) is 0 Å². The van der Waals surface area contributed by atoms with Crippen LogP contribution >= 0.6 is 0 Å². The van der Waals surface area contributed by atoms with Crippen molar-refractivity contribution in [1.29, 1.82) is 0 Å². The van der Waals surface area contributed by atoms with Crippen molar-refractivity contribution in [3.05, 3.63) is 29.8 Å². The second kappa shape index (κ2) is 5.84. The van der Waals surface area contributed by atoms with Crippen LogP contribution in [0, 0.1) is 6.92 Å². The molecule has 1 rings (SSSR count). The number of hydrogen-bond acceptors (Lipinski definition) is 4. The molecule has 0 heterocycles. The van der Waals surface area contributed by atoms with Gasteiger partial charge in [0, 0.05) is 19.9 Å². The molecule has 1 unspecified atom stereocenters. The standard InChI is InChI=1S/C13H20N2O3/c1-9-7-5-6-8-10(9)15-13(2,11(14)16)12(17-3)18-4/h5-8,12,15H,1-4H3,(H2,14,16). The van der Waals surface area contributed by atoms with Crippen LogP contribution in [0.15, 0.2) is 24.3 Å². The fourth-order valence-corrected chi connectivity index (χ4v) is 1.80. The smallest absolute Gasteiger partial charge is 0.248 e. The van der Waals surface area contributed by atoms with E-state index in [1.54, 1.807) is 6.92 Å². The molecule has 0 spiro atoms. The van der Waals surface area contributed by atoms with Crippen molar-refractivity contribution in [2.45, 2.75) is 25.7 Å². The molecule has 0 fully saturated rings. The summed E-state index contributed by atoms with van der Waals surface area (Å²) in [7, 11) is 2.93. The van der Waals surface area contributed by atoms with Gasteiger partial charge in [0.25, 0.3) is 0 Å². The molecule has 18 heavy (non-hydrogen) atoms. The topological polar surface area (TPSA) is 73.6 Å². The summed E-state index contributed by atoms with van der Waals surface area (Å²) in [6.07, 6.45) is -0.769. The lowest BCUT2D eigenvalue weighted by Gasteiger charge is -2.34. The van der Waals surface area contributed by atoms with Gasteiger partial charge < -0.3 is 20.5 Å². The van der Waals surface area contributed by atoms with Gasteiger partial charge in [0.2, 0.25) is 5.91 Å². The summed E-state index contributed by atoms with van der Waals surface area (Å²) in [5, 5.41) is 3.10. The number of hydrogen-bond donors (Lipinski definition) is 2. The molecule has 3 N–H and O–H groups in total. The van der Waals surface area contributed by atoms with Crippen molar-refractivity contribution in [1.82, 2.24) is 0 Å². The number of amides is 1. The minimum atomic E-state index is -1.14. The number of benzene rings is 1. The number of rotatable bonds is 6. The summed E-state index contributed by atoms with van der Waals surface area (Å²) in [4.78, 5) is 11.7. The van der Waals surface area contributed by atoms with Gasteiger partial charge in [0.15, 0.2) is 11.8 Å². The van der Waals surface area contributed by atoms with E-state index in [9.17, 15) is 4.79 Å². The molecule has 0 aromatic heterocycles. The minimum absolute atomic E-state index is 0.542. The summed E-state index contributed by atoms with van der Waals surface area (Å²) in [5.41, 5.74) is 6.14. The molecule has 0 saturated heterocycles. The summed E-state index contributed by atoms with van der Waals surface area (Å²) in [6.45, 7) is 3.60. The Morgan fingerprint density at radius 3 is 2.33 bits per heavy atom. The molecule has 5 nitrogen and oxygen atoms in total. The molecule has 100 valence electrons. The number of nitrogens with one attached hydrogen (secondary N) is 1. The third-order valence-electron chi connectivity index (χ3n) is 2.95. The molecule has 0 aliphatic heterocycles. The lowest BCUT2D eigenvalue weighted by molar-refractivity contribution is -0.155. The lowest BCUT2D eigenvalue weighted by atomic mass is 9.99. The van der Waals surface area contributed by atoms with Crippen molar-refractivity contribution in [3.63, 3.8) is 0 Å². The van der Waals surface area contributed by atoms with Crippen LogP contribution in [0.1, 0.15) is 12.5 Å². The van der Waals surface area contributed by atoms with E-state index in [1.165, 1.54) is 14.2 Å². The highest BCUT2D eigenvalue weighted by Gasteiger charge is 2.41. The van der Waals surface area contributed by atoms with E-state index in [2.05, 4.69) is 5.32 Å². The molecule has 0 aliphatic rings. The maximum atomic E-state index is 11.7. The minimum Gasteiger partial charge on any atom is -0.367 e. The number of aryl methyl sites for hydroxylation is 1.